The van der Waals surface area contributed by atoms with E-state index in [1.54, 1.807) is 0 Å². The maximum atomic E-state index is 12.0. The smallest absolute Gasteiger partial charge is 0.305 e. The van der Waals surface area contributed by atoms with Crippen LogP contribution in [0.1, 0.15) is 31.4 Å². The van der Waals surface area contributed by atoms with Gasteiger partial charge in [-0.1, -0.05) is 66.7 Å². The third kappa shape index (κ3) is 4.98. The largest absolute Gasteiger partial charge is 0.466 e. The Morgan fingerprint density at radius 1 is 0.815 bits per heavy atom. The molecule has 3 nitrogen and oxygen atoms in total. The fraction of sp³-hybridized carbons (Fsp3) is 0.208. The molecule has 138 valence electrons. The third-order valence-electron chi connectivity index (χ3n) is 4.49. The fourth-order valence-electron chi connectivity index (χ4n) is 3.29. The molecule has 0 saturated carbocycles. The van der Waals surface area contributed by atoms with E-state index in [9.17, 15) is 4.79 Å². The van der Waals surface area contributed by atoms with Crippen LogP contribution < -0.4 is 4.90 Å². The number of carbonyl (C=O) groups is 1. The van der Waals surface area contributed by atoms with Gasteiger partial charge < -0.3 is 9.64 Å². The number of ether oxygens (including phenoxy) is 1. The summed E-state index contributed by atoms with van der Waals surface area (Å²) in [5, 5.41) is 0. The first kappa shape index (κ1) is 18.7. The molecule has 3 heteroatoms. The Kier molecular flexibility index (Phi) is 6.64. The zero-order valence-electron chi connectivity index (χ0n) is 15.6. The van der Waals surface area contributed by atoms with Crippen LogP contribution in [0.15, 0.2) is 91.0 Å². The van der Waals surface area contributed by atoms with Gasteiger partial charge in [0.2, 0.25) is 0 Å². The Balaban J connectivity index is 2.00. The molecule has 1 atom stereocenters. The molecular weight excluding hydrogens is 334 g/mol. The number of hydrogen-bond donors (Lipinski definition) is 0. The van der Waals surface area contributed by atoms with Crippen molar-refractivity contribution in [1.82, 2.24) is 0 Å². The maximum absolute atomic E-state index is 12.0. The van der Waals surface area contributed by atoms with E-state index >= 15 is 0 Å². The summed E-state index contributed by atoms with van der Waals surface area (Å²) in [4.78, 5) is 14.3. The minimum Gasteiger partial charge on any atom is -0.466 e. The van der Waals surface area contributed by atoms with E-state index < -0.39 is 0 Å². The topological polar surface area (TPSA) is 29.5 Å². The highest BCUT2D eigenvalue weighted by molar-refractivity contribution is 5.70. The van der Waals surface area contributed by atoms with Crippen LogP contribution in [0, 0.1) is 0 Å². The molecule has 0 fully saturated rings. The molecule has 0 heterocycles. The van der Waals surface area contributed by atoms with E-state index in [0.717, 1.165) is 11.4 Å². The molecule has 3 aromatic rings. The minimum absolute atomic E-state index is 0.0282. The molecule has 0 bridgehead atoms. The lowest BCUT2D eigenvalue weighted by Gasteiger charge is -2.34. The highest BCUT2D eigenvalue weighted by Gasteiger charge is 2.23. The summed E-state index contributed by atoms with van der Waals surface area (Å²) in [7, 11) is 0. The molecule has 0 amide bonds. The second-order valence-electron chi connectivity index (χ2n) is 6.31. The summed E-state index contributed by atoms with van der Waals surface area (Å²) < 4.78 is 5.16. The molecular formula is C24H25NO2. The summed E-state index contributed by atoms with van der Waals surface area (Å²) in [6.07, 6.45) is 1.05. The van der Waals surface area contributed by atoms with Gasteiger partial charge in [-0.15, -0.1) is 0 Å². The minimum atomic E-state index is -0.153. The molecule has 27 heavy (non-hydrogen) atoms. The highest BCUT2D eigenvalue weighted by atomic mass is 16.5. The lowest BCUT2D eigenvalue weighted by Crippen LogP contribution is -2.25. The van der Waals surface area contributed by atoms with Crippen molar-refractivity contribution in [2.45, 2.75) is 25.8 Å². The van der Waals surface area contributed by atoms with Crippen LogP contribution in [-0.4, -0.2) is 12.6 Å². The first-order valence-electron chi connectivity index (χ1n) is 9.39. The van der Waals surface area contributed by atoms with Gasteiger partial charge in [0.15, 0.2) is 0 Å². The third-order valence-corrected chi connectivity index (χ3v) is 4.49. The van der Waals surface area contributed by atoms with Crippen LogP contribution in [-0.2, 0) is 9.53 Å². The van der Waals surface area contributed by atoms with Crippen molar-refractivity contribution in [2.24, 2.45) is 0 Å². The van der Waals surface area contributed by atoms with Crippen molar-refractivity contribution in [3.05, 3.63) is 96.6 Å². The summed E-state index contributed by atoms with van der Waals surface area (Å²) in [6, 6.07) is 31.0. The number of rotatable bonds is 8. The molecule has 0 aliphatic carbocycles. The summed E-state index contributed by atoms with van der Waals surface area (Å²) in [5.41, 5.74) is 3.37. The molecule has 3 rings (SSSR count). The molecule has 0 aliphatic heterocycles. The van der Waals surface area contributed by atoms with Crippen LogP contribution in [0.4, 0.5) is 11.4 Å². The molecule has 3 aromatic carbocycles. The maximum Gasteiger partial charge on any atom is 0.305 e. The van der Waals surface area contributed by atoms with E-state index in [4.69, 9.17) is 4.74 Å². The SMILES string of the molecule is CCOC(=O)CC[C@@H](c1ccccc1)N(c1ccccc1)c1ccccc1. The lowest BCUT2D eigenvalue weighted by molar-refractivity contribution is -0.143. The number of anilines is 2. The second kappa shape index (κ2) is 9.58. The van der Waals surface area contributed by atoms with Crippen molar-refractivity contribution in [1.29, 1.82) is 0 Å². The van der Waals surface area contributed by atoms with Crippen LogP contribution in [0.3, 0.4) is 0 Å². The summed E-state index contributed by atoms with van der Waals surface area (Å²) in [5.74, 6) is -0.153. The van der Waals surface area contributed by atoms with E-state index in [0.29, 0.717) is 19.4 Å². The van der Waals surface area contributed by atoms with Crippen molar-refractivity contribution in [3.63, 3.8) is 0 Å². The van der Waals surface area contributed by atoms with E-state index in [-0.39, 0.29) is 12.0 Å². The molecule has 0 N–H and O–H groups in total. The van der Waals surface area contributed by atoms with Crippen molar-refractivity contribution >= 4 is 17.3 Å². The average Bonchev–Trinajstić information content (AvgIpc) is 2.73. The molecule has 0 aromatic heterocycles. The second-order valence-corrected chi connectivity index (χ2v) is 6.31. The van der Waals surface area contributed by atoms with Gasteiger partial charge in [-0.3, -0.25) is 4.79 Å². The quantitative estimate of drug-likeness (QED) is 0.468. The van der Waals surface area contributed by atoms with E-state index in [2.05, 4.69) is 41.3 Å². The van der Waals surface area contributed by atoms with Gasteiger partial charge in [-0.2, -0.15) is 0 Å². The normalized spacial score (nSPS) is 11.6. The Labute approximate surface area is 161 Å². The van der Waals surface area contributed by atoms with Crippen LogP contribution in [0.5, 0.6) is 0 Å². The Bertz CT molecular complexity index is 779. The van der Waals surface area contributed by atoms with E-state index in [1.807, 2.05) is 61.5 Å². The Morgan fingerprint density at radius 2 is 1.30 bits per heavy atom. The van der Waals surface area contributed by atoms with Crippen LogP contribution in [0.25, 0.3) is 0 Å². The number of esters is 1. The molecule has 0 aliphatic rings. The van der Waals surface area contributed by atoms with Crippen molar-refractivity contribution < 1.29 is 9.53 Å². The number of carbonyl (C=O) groups excluding carboxylic acids is 1. The van der Waals surface area contributed by atoms with Gasteiger partial charge in [0.25, 0.3) is 0 Å². The van der Waals surface area contributed by atoms with Gasteiger partial charge in [0.1, 0.15) is 0 Å². The Morgan fingerprint density at radius 3 is 1.78 bits per heavy atom. The number of nitrogens with zero attached hydrogens (tertiary/aromatic N) is 1. The lowest BCUT2D eigenvalue weighted by atomic mass is 9.98. The van der Waals surface area contributed by atoms with Gasteiger partial charge in [-0.25, -0.2) is 0 Å². The predicted molar refractivity (Wildman–Crippen MR) is 110 cm³/mol. The molecule has 0 saturated heterocycles. The van der Waals surface area contributed by atoms with E-state index in [1.165, 1.54) is 5.56 Å². The van der Waals surface area contributed by atoms with Gasteiger partial charge in [-0.05, 0) is 43.2 Å². The molecule has 0 radical (unpaired) electrons. The standard InChI is InChI=1S/C24H25NO2/c1-2-27-24(26)19-18-23(20-12-6-3-7-13-20)25(21-14-8-4-9-15-21)22-16-10-5-11-17-22/h3-17,23H,2,18-19H2,1H3/t23-/m0/s1. The summed E-state index contributed by atoms with van der Waals surface area (Å²) in [6.45, 7) is 2.25. The Hall–Kier alpha value is -3.07. The van der Waals surface area contributed by atoms with Crippen LogP contribution >= 0.6 is 0 Å². The predicted octanol–water partition coefficient (Wildman–Crippen LogP) is 5.91. The number of benzene rings is 3. The summed E-state index contributed by atoms with van der Waals surface area (Å²) >= 11 is 0. The molecule has 0 unspecified atom stereocenters. The van der Waals surface area contributed by atoms with Crippen molar-refractivity contribution in [3.8, 4) is 0 Å². The van der Waals surface area contributed by atoms with Crippen molar-refractivity contribution in [2.75, 3.05) is 11.5 Å². The fourth-order valence-corrected chi connectivity index (χ4v) is 3.29. The zero-order valence-corrected chi connectivity index (χ0v) is 15.6. The first-order chi connectivity index (χ1) is 13.3. The highest BCUT2D eigenvalue weighted by Crippen LogP contribution is 2.37. The van der Waals surface area contributed by atoms with Gasteiger partial charge in [0, 0.05) is 17.8 Å². The van der Waals surface area contributed by atoms with Crippen LogP contribution in [0.2, 0.25) is 0 Å². The molecule has 0 spiro atoms. The monoisotopic (exact) mass is 359 g/mol. The van der Waals surface area contributed by atoms with Gasteiger partial charge >= 0.3 is 5.97 Å². The number of para-hydroxylation sites is 2. The zero-order chi connectivity index (χ0) is 18.9. The number of hydrogen-bond acceptors (Lipinski definition) is 3. The average molecular weight is 359 g/mol. The first-order valence-corrected chi connectivity index (χ1v) is 9.39. The van der Waals surface area contributed by atoms with Gasteiger partial charge in [0.05, 0.1) is 12.6 Å².